The van der Waals surface area contributed by atoms with Crippen molar-refractivity contribution in [1.29, 1.82) is 0 Å². The summed E-state index contributed by atoms with van der Waals surface area (Å²) in [4.78, 5) is 8.84. The maximum Gasteiger partial charge on any atom is 0.123 e. The average Bonchev–Trinajstić information content (AvgIpc) is 2.83. The number of benzene rings is 1. The fraction of sp³-hybridized carbons (Fsp3) is 0.444. The smallest absolute Gasteiger partial charge is 0.123 e. The first-order valence-electron chi connectivity index (χ1n) is 12.1. The van der Waals surface area contributed by atoms with Gasteiger partial charge in [-0.2, -0.15) is 0 Å². The van der Waals surface area contributed by atoms with Crippen LogP contribution in [0.2, 0.25) is 0 Å². The summed E-state index contributed by atoms with van der Waals surface area (Å²) in [5.74, 6) is 1.41. The highest BCUT2D eigenvalue weighted by molar-refractivity contribution is 6.29. The van der Waals surface area contributed by atoms with E-state index in [9.17, 15) is 0 Å². The van der Waals surface area contributed by atoms with Gasteiger partial charge in [-0.3, -0.25) is 4.98 Å². The van der Waals surface area contributed by atoms with Crippen LogP contribution in [0.1, 0.15) is 31.5 Å². The Hall–Kier alpha value is -2.74. The summed E-state index contributed by atoms with van der Waals surface area (Å²) in [7, 11) is 5.78. The molecule has 1 heterocycles. The summed E-state index contributed by atoms with van der Waals surface area (Å²) in [6.45, 7) is 8.69. The third kappa shape index (κ3) is 10.6. The van der Waals surface area contributed by atoms with Gasteiger partial charge in [0.1, 0.15) is 11.6 Å². The maximum atomic E-state index is 6.55. The minimum Gasteiger partial charge on any atom is -0.497 e. The Kier molecular flexibility index (Phi) is 12.5. The highest BCUT2D eigenvalue weighted by Gasteiger charge is 2.10. The molecule has 0 saturated carbocycles. The van der Waals surface area contributed by atoms with Crippen LogP contribution in [0.5, 0.6) is 5.75 Å². The van der Waals surface area contributed by atoms with Crippen molar-refractivity contribution in [2.45, 2.75) is 33.2 Å². The van der Waals surface area contributed by atoms with Crippen LogP contribution in [-0.2, 0) is 13.0 Å². The second kappa shape index (κ2) is 15.3. The zero-order valence-corrected chi connectivity index (χ0v) is 22.5. The van der Waals surface area contributed by atoms with E-state index in [1.54, 1.807) is 7.11 Å². The van der Waals surface area contributed by atoms with E-state index < -0.39 is 0 Å². The number of hydrogen-bond donors (Lipinski definition) is 3. The van der Waals surface area contributed by atoms with Crippen molar-refractivity contribution in [3.63, 3.8) is 0 Å². The van der Waals surface area contributed by atoms with Gasteiger partial charge in [-0.25, -0.2) is 0 Å². The number of rotatable bonds is 15. The van der Waals surface area contributed by atoms with Gasteiger partial charge in [0.05, 0.1) is 12.8 Å². The molecule has 0 fully saturated rings. The lowest BCUT2D eigenvalue weighted by molar-refractivity contribution is 0.332. The Balaban J connectivity index is 2.04. The van der Waals surface area contributed by atoms with Crippen LogP contribution < -0.4 is 21.1 Å². The maximum absolute atomic E-state index is 6.55. The van der Waals surface area contributed by atoms with Crippen LogP contribution in [0, 0.1) is 0 Å². The van der Waals surface area contributed by atoms with Gasteiger partial charge in [0.15, 0.2) is 0 Å². The Morgan fingerprint density at radius 2 is 1.97 bits per heavy atom. The normalized spacial score (nSPS) is 12.5. The number of hydrogen-bond acceptors (Lipinski definition) is 7. The molecule has 0 radical (unpaired) electrons. The molecule has 35 heavy (non-hydrogen) atoms. The lowest BCUT2D eigenvalue weighted by Gasteiger charge is -2.23. The van der Waals surface area contributed by atoms with Crippen molar-refractivity contribution in [1.82, 2.24) is 20.1 Å². The lowest BCUT2D eigenvalue weighted by Crippen LogP contribution is -2.30. The molecule has 0 aliphatic heterocycles. The number of nitrogens with zero attached hydrogens (tertiary/aromatic N) is 3. The number of pyridine rings is 1. The second-order valence-electron chi connectivity index (χ2n) is 8.70. The Morgan fingerprint density at radius 3 is 2.69 bits per heavy atom. The molecule has 0 amide bonds. The number of likely N-dealkylation sites (N-methyl/N-ethyl adjacent to an activating group) is 1. The molecule has 0 aliphatic carbocycles. The minimum absolute atomic E-state index is 0.587. The summed E-state index contributed by atoms with van der Waals surface area (Å²) in [6.07, 6.45) is 5.68. The molecule has 1 aromatic heterocycles. The minimum atomic E-state index is 0.587. The van der Waals surface area contributed by atoms with Gasteiger partial charge in [0.2, 0.25) is 0 Å². The number of allylic oxidation sites excluding steroid dienone is 2. The first-order chi connectivity index (χ1) is 16.8. The standard InChI is InChI=1S/C27H41ClN6O/c1-6-15-33(3)16-14-30-12-10-23-19-24(11-13-31-23)32-26(17-21(2)28)27(29)34(4)20-22-8-7-9-25(18-22)35-5/h7-9,11,13,17-19,30H,6,10,12,14-16,20,29H2,1-5H3,(H,31,32)/b21-17+,27-26-. The summed E-state index contributed by atoms with van der Waals surface area (Å²) in [5.41, 5.74) is 10.3. The molecule has 0 unspecified atom stereocenters. The molecular weight excluding hydrogens is 460 g/mol. The van der Waals surface area contributed by atoms with Gasteiger partial charge in [0.25, 0.3) is 0 Å². The van der Waals surface area contributed by atoms with E-state index in [2.05, 4.69) is 40.6 Å². The van der Waals surface area contributed by atoms with Gasteiger partial charge in [-0.05, 0) is 62.8 Å². The van der Waals surface area contributed by atoms with E-state index in [1.807, 2.05) is 61.5 Å². The number of nitrogens with one attached hydrogen (secondary N) is 2. The fourth-order valence-electron chi connectivity index (χ4n) is 3.66. The third-order valence-corrected chi connectivity index (χ3v) is 5.62. The van der Waals surface area contributed by atoms with Crippen molar-refractivity contribution < 1.29 is 4.74 Å². The monoisotopic (exact) mass is 500 g/mol. The Labute approximate surface area is 216 Å². The summed E-state index contributed by atoms with van der Waals surface area (Å²) in [5, 5.41) is 7.57. The molecule has 192 valence electrons. The number of methoxy groups -OCH3 is 1. The summed E-state index contributed by atoms with van der Waals surface area (Å²) in [6, 6.07) is 11.9. The van der Waals surface area contributed by atoms with Crippen molar-refractivity contribution in [3.05, 3.63) is 76.5 Å². The predicted molar refractivity (Wildman–Crippen MR) is 148 cm³/mol. The van der Waals surface area contributed by atoms with E-state index >= 15 is 0 Å². The quantitative estimate of drug-likeness (QED) is 0.247. The number of aromatic nitrogens is 1. The van der Waals surface area contributed by atoms with Crippen LogP contribution in [-0.4, -0.2) is 62.2 Å². The molecule has 4 N–H and O–H groups in total. The first-order valence-corrected chi connectivity index (χ1v) is 12.5. The molecule has 0 aliphatic rings. The molecule has 2 rings (SSSR count). The summed E-state index contributed by atoms with van der Waals surface area (Å²) < 4.78 is 5.34. The molecule has 0 saturated heterocycles. The molecule has 7 nitrogen and oxygen atoms in total. The highest BCUT2D eigenvalue weighted by atomic mass is 35.5. The van der Waals surface area contributed by atoms with Crippen LogP contribution >= 0.6 is 11.6 Å². The van der Waals surface area contributed by atoms with Gasteiger partial charge in [0, 0.05) is 62.3 Å². The zero-order chi connectivity index (χ0) is 25.6. The van der Waals surface area contributed by atoms with Crippen LogP contribution in [0.15, 0.2) is 65.2 Å². The number of anilines is 1. The van der Waals surface area contributed by atoms with Crippen molar-refractivity contribution in [3.8, 4) is 5.75 Å². The van der Waals surface area contributed by atoms with E-state index in [0.717, 1.165) is 61.0 Å². The van der Waals surface area contributed by atoms with Gasteiger partial charge in [-0.15, -0.1) is 0 Å². The molecule has 2 aromatic rings. The topological polar surface area (TPSA) is 78.7 Å². The Bertz CT molecular complexity index is 974. The second-order valence-corrected chi connectivity index (χ2v) is 9.30. The zero-order valence-electron chi connectivity index (χ0n) is 21.8. The van der Waals surface area contributed by atoms with Gasteiger partial charge in [-0.1, -0.05) is 30.7 Å². The van der Waals surface area contributed by atoms with Crippen LogP contribution in [0.25, 0.3) is 0 Å². The summed E-state index contributed by atoms with van der Waals surface area (Å²) >= 11 is 6.23. The molecule has 0 bridgehead atoms. The van der Waals surface area contributed by atoms with E-state index in [0.29, 0.717) is 17.4 Å². The first kappa shape index (κ1) is 28.5. The van der Waals surface area contributed by atoms with Crippen LogP contribution in [0.4, 0.5) is 5.69 Å². The van der Waals surface area contributed by atoms with Crippen molar-refractivity contribution >= 4 is 17.3 Å². The number of nitrogens with two attached hydrogens (primary N) is 1. The molecule has 1 aromatic carbocycles. The molecule has 8 heteroatoms. The van der Waals surface area contributed by atoms with Crippen molar-refractivity contribution in [2.24, 2.45) is 5.73 Å². The number of ether oxygens (including phenoxy) is 1. The largest absolute Gasteiger partial charge is 0.497 e. The predicted octanol–water partition coefficient (Wildman–Crippen LogP) is 4.38. The van der Waals surface area contributed by atoms with E-state index in [4.69, 9.17) is 22.1 Å². The molecule has 0 spiro atoms. The molecular formula is C27H41ClN6O. The van der Waals surface area contributed by atoms with Gasteiger partial charge >= 0.3 is 0 Å². The van der Waals surface area contributed by atoms with E-state index in [1.165, 1.54) is 6.42 Å². The Morgan fingerprint density at radius 1 is 1.17 bits per heavy atom. The van der Waals surface area contributed by atoms with Crippen molar-refractivity contribution in [2.75, 3.05) is 52.7 Å². The number of halogens is 1. The molecule has 0 atom stereocenters. The van der Waals surface area contributed by atoms with Crippen LogP contribution in [0.3, 0.4) is 0 Å². The SMILES string of the molecule is CCCN(C)CCNCCc1cc(NC(/C=C(\C)Cl)=C(/N)N(C)Cc2cccc(OC)c2)ccn1. The third-order valence-electron chi connectivity index (χ3n) is 5.51. The average molecular weight is 501 g/mol. The lowest BCUT2D eigenvalue weighted by atomic mass is 10.2. The van der Waals surface area contributed by atoms with Gasteiger partial charge < -0.3 is 30.9 Å². The fourth-order valence-corrected chi connectivity index (χ4v) is 3.77. The highest BCUT2D eigenvalue weighted by Crippen LogP contribution is 2.19. The van der Waals surface area contributed by atoms with E-state index in [-0.39, 0.29) is 0 Å².